The number of amides is 2. The van der Waals surface area contributed by atoms with E-state index in [4.69, 9.17) is 10.00 Å². The summed E-state index contributed by atoms with van der Waals surface area (Å²) in [7, 11) is 0. The predicted octanol–water partition coefficient (Wildman–Crippen LogP) is 2.49. The van der Waals surface area contributed by atoms with Crippen LogP contribution in [-0.4, -0.2) is 61.0 Å². The van der Waals surface area contributed by atoms with Crippen molar-refractivity contribution in [2.75, 3.05) is 44.7 Å². The van der Waals surface area contributed by atoms with Crippen molar-refractivity contribution in [1.82, 2.24) is 9.80 Å². The maximum Gasteiger partial charge on any atom is 0.254 e. The lowest BCUT2D eigenvalue weighted by atomic mass is 9.76. The number of nitrogens with one attached hydrogen (secondary N) is 1. The highest BCUT2D eigenvalue weighted by Crippen LogP contribution is 2.41. The zero-order valence-corrected chi connectivity index (χ0v) is 17.3. The van der Waals surface area contributed by atoms with Gasteiger partial charge in [0.15, 0.2) is 6.19 Å². The highest BCUT2D eigenvalue weighted by Gasteiger charge is 2.47. The van der Waals surface area contributed by atoms with Crippen molar-refractivity contribution >= 4 is 17.5 Å². The van der Waals surface area contributed by atoms with Crippen LogP contribution in [0.15, 0.2) is 42.5 Å². The van der Waals surface area contributed by atoms with E-state index >= 15 is 0 Å². The topological polar surface area (TPSA) is 85.7 Å². The zero-order chi connectivity index (χ0) is 21.4. The molecule has 0 saturated carbocycles. The average Bonchev–Trinajstić information content (AvgIpc) is 3.24. The molecule has 1 unspecified atom stereocenters. The molecule has 7 heteroatoms. The van der Waals surface area contributed by atoms with Gasteiger partial charge >= 0.3 is 0 Å². The first-order valence-electron chi connectivity index (χ1n) is 10.6. The van der Waals surface area contributed by atoms with Crippen LogP contribution in [0.4, 0.5) is 5.69 Å². The number of fused-ring (bicyclic) bond motifs is 1. The standard InChI is InChI=1S/C24H24N4O3/c25-16-27-8-7-24(15-27)14-20-6-5-19(13-21(20)26-23(24)30)17-1-3-18(4-2-17)22(29)28-9-11-31-12-10-28/h1-6,13H,7-12,14-15H2,(H,26,30). The maximum atomic E-state index is 12.9. The first-order valence-corrected chi connectivity index (χ1v) is 10.6. The largest absolute Gasteiger partial charge is 0.378 e. The molecule has 5 rings (SSSR count). The van der Waals surface area contributed by atoms with Gasteiger partial charge in [0.25, 0.3) is 5.91 Å². The summed E-state index contributed by atoms with van der Waals surface area (Å²) in [5, 5.41) is 12.2. The molecule has 0 bridgehead atoms. The SMILES string of the molecule is N#CN1CCC2(Cc3ccc(-c4ccc(C(=O)N5CCOCC5)cc4)cc3NC2=O)C1. The first-order chi connectivity index (χ1) is 15.1. The molecule has 2 saturated heterocycles. The maximum absolute atomic E-state index is 12.9. The zero-order valence-electron chi connectivity index (χ0n) is 17.3. The number of carbonyl (C=O) groups excluding carboxylic acids is 2. The van der Waals surface area contributed by atoms with Crippen molar-refractivity contribution in [2.45, 2.75) is 12.8 Å². The molecule has 3 aliphatic rings. The Kier molecular flexibility index (Phi) is 4.87. The van der Waals surface area contributed by atoms with E-state index < -0.39 is 5.41 Å². The highest BCUT2D eigenvalue weighted by atomic mass is 16.5. The van der Waals surface area contributed by atoms with Gasteiger partial charge in [-0.25, -0.2) is 0 Å². The Bertz CT molecular complexity index is 1070. The van der Waals surface area contributed by atoms with Gasteiger partial charge in [0.2, 0.25) is 5.91 Å². The van der Waals surface area contributed by atoms with Crippen LogP contribution in [0.25, 0.3) is 11.1 Å². The van der Waals surface area contributed by atoms with Crippen LogP contribution in [0, 0.1) is 16.9 Å². The minimum Gasteiger partial charge on any atom is -0.378 e. The summed E-state index contributed by atoms with van der Waals surface area (Å²) in [6.07, 6.45) is 3.52. The average molecular weight is 416 g/mol. The summed E-state index contributed by atoms with van der Waals surface area (Å²) in [5.74, 6) is 0.0298. The van der Waals surface area contributed by atoms with Gasteiger partial charge < -0.3 is 19.9 Å². The lowest BCUT2D eigenvalue weighted by Crippen LogP contribution is -2.43. The van der Waals surface area contributed by atoms with E-state index in [1.807, 2.05) is 35.2 Å². The molecule has 1 N–H and O–H groups in total. The van der Waals surface area contributed by atoms with Crippen LogP contribution in [-0.2, 0) is 16.0 Å². The number of hydrogen-bond acceptors (Lipinski definition) is 5. The second kappa shape index (κ2) is 7.71. The van der Waals surface area contributed by atoms with E-state index in [0.29, 0.717) is 57.8 Å². The smallest absolute Gasteiger partial charge is 0.254 e. The van der Waals surface area contributed by atoms with E-state index in [0.717, 1.165) is 22.4 Å². The van der Waals surface area contributed by atoms with Gasteiger partial charge in [0, 0.05) is 37.4 Å². The summed E-state index contributed by atoms with van der Waals surface area (Å²) < 4.78 is 5.32. The van der Waals surface area contributed by atoms with Crippen LogP contribution in [0.5, 0.6) is 0 Å². The molecular formula is C24H24N4O3. The number of likely N-dealkylation sites (tertiary alicyclic amines) is 1. The third-order valence-corrected chi connectivity index (χ3v) is 6.63. The van der Waals surface area contributed by atoms with Gasteiger partial charge in [0.1, 0.15) is 0 Å². The summed E-state index contributed by atoms with van der Waals surface area (Å²) in [6, 6.07) is 13.7. The molecule has 0 aliphatic carbocycles. The second-order valence-electron chi connectivity index (χ2n) is 8.54. The van der Waals surface area contributed by atoms with Gasteiger partial charge in [-0.2, -0.15) is 5.26 Å². The molecule has 0 radical (unpaired) electrons. The Balaban J connectivity index is 1.35. The summed E-state index contributed by atoms with van der Waals surface area (Å²) in [6.45, 7) is 3.53. The fraction of sp³-hybridized carbons (Fsp3) is 0.375. The molecule has 2 aromatic rings. The lowest BCUT2D eigenvalue weighted by molar-refractivity contribution is -0.125. The summed E-state index contributed by atoms with van der Waals surface area (Å²) >= 11 is 0. The summed E-state index contributed by atoms with van der Waals surface area (Å²) in [5.41, 5.74) is 4.07. The third-order valence-electron chi connectivity index (χ3n) is 6.63. The fourth-order valence-electron chi connectivity index (χ4n) is 4.77. The molecule has 158 valence electrons. The number of anilines is 1. The molecular weight excluding hydrogens is 392 g/mol. The molecule has 7 nitrogen and oxygen atoms in total. The molecule has 0 aromatic heterocycles. The van der Waals surface area contributed by atoms with E-state index in [1.54, 1.807) is 4.90 Å². The number of ether oxygens (including phenoxy) is 1. The Labute approximate surface area is 181 Å². The van der Waals surface area contributed by atoms with E-state index in [9.17, 15) is 9.59 Å². The monoisotopic (exact) mass is 416 g/mol. The van der Waals surface area contributed by atoms with Crippen LogP contribution in [0.1, 0.15) is 22.3 Å². The number of nitriles is 1. The molecule has 1 spiro atoms. The highest BCUT2D eigenvalue weighted by molar-refractivity contribution is 6.00. The number of benzene rings is 2. The number of morpholine rings is 1. The van der Waals surface area contributed by atoms with E-state index in [1.165, 1.54) is 0 Å². The number of rotatable bonds is 2. The number of hydrogen-bond donors (Lipinski definition) is 1. The van der Waals surface area contributed by atoms with E-state index in [2.05, 4.69) is 23.6 Å². The number of carbonyl (C=O) groups is 2. The lowest BCUT2D eigenvalue weighted by Gasteiger charge is -2.33. The van der Waals surface area contributed by atoms with Crippen molar-refractivity contribution in [2.24, 2.45) is 5.41 Å². The van der Waals surface area contributed by atoms with Crippen LogP contribution >= 0.6 is 0 Å². The van der Waals surface area contributed by atoms with Crippen LogP contribution < -0.4 is 5.32 Å². The molecule has 2 fully saturated rings. The minimum absolute atomic E-state index is 0.00126. The van der Waals surface area contributed by atoms with Crippen molar-refractivity contribution in [1.29, 1.82) is 5.26 Å². The van der Waals surface area contributed by atoms with Gasteiger partial charge in [0.05, 0.1) is 18.6 Å². The fourth-order valence-corrected chi connectivity index (χ4v) is 4.77. The van der Waals surface area contributed by atoms with Crippen molar-refractivity contribution < 1.29 is 14.3 Å². The first kappa shape index (κ1) is 19.6. The minimum atomic E-state index is -0.508. The Morgan fingerprint density at radius 1 is 1.06 bits per heavy atom. The van der Waals surface area contributed by atoms with Crippen LogP contribution in [0.2, 0.25) is 0 Å². The van der Waals surface area contributed by atoms with Crippen molar-refractivity contribution in [3.63, 3.8) is 0 Å². The normalized spacial score (nSPS) is 22.7. The number of nitrogens with zero attached hydrogens (tertiary/aromatic N) is 3. The molecule has 2 amide bonds. The van der Waals surface area contributed by atoms with Crippen molar-refractivity contribution in [3.8, 4) is 17.3 Å². The Morgan fingerprint density at radius 3 is 2.52 bits per heavy atom. The van der Waals surface area contributed by atoms with Gasteiger partial charge in [-0.1, -0.05) is 24.3 Å². The van der Waals surface area contributed by atoms with Crippen molar-refractivity contribution in [3.05, 3.63) is 53.6 Å². The van der Waals surface area contributed by atoms with E-state index in [-0.39, 0.29) is 11.8 Å². The molecule has 3 aliphatic heterocycles. The van der Waals surface area contributed by atoms with Gasteiger partial charge in [-0.3, -0.25) is 9.59 Å². The third kappa shape index (κ3) is 3.53. The molecule has 1 atom stereocenters. The predicted molar refractivity (Wildman–Crippen MR) is 115 cm³/mol. The van der Waals surface area contributed by atoms with Gasteiger partial charge in [-0.05, 0) is 47.7 Å². The second-order valence-corrected chi connectivity index (χ2v) is 8.54. The molecule has 2 aromatic carbocycles. The van der Waals surface area contributed by atoms with Crippen LogP contribution in [0.3, 0.4) is 0 Å². The Morgan fingerprint density at radius 2 is 1.81 bits per heavy atom. The van der Waals surface area contributed by atoms with Gasteiger partial charge in [-0.15, -0.1) is 0 Å². The molecule has 3 heterocycles. The Hall–Kier alpha value is -3.37. The molecule has 31 heavy (non-hydrogen) atoms. The summed E-state index contributed by atoms with van der Waals surface area (Å²) in [4.78, 5) is 29.0. The quantitative estimate of drug-likeness (QED) is 0.761.